The van der Waals surface area contributed by atoms with E-state index in [2.05, 4.69) is 5.10 Å². The first kappa shape index (κ1) is 21.0. The van der Waals surface area contributed by atoms with Crippen molar-refractivity contribution in [3.63, 3.8) is 0 Å². The smallest absolute Gasteiger partial charge is 0.359 e. The molecule has 0 aliphatic carbocycles. The molecule has 9 heteroatoms. The van der Waals surface area contributed by atoms with Crippen molar-refractivity contribution < 1.29 is 18.6 Å². The molecule has 0 saturated carbocycles. The van der Waals surface area contributed by atoms with Crippen LogP contribution in [0.3, 0.4) is 0 Å². The predicted octanol–water partition coefficient (Wildman–Crippen LogP) is 2.92. The van der Waals surface area contributed by atoms with Crippen LogP contribution >= 0.6 is 0 Å². The molecule has 0 fully saturated rings. The third kappa shape index (κ3) is 3.63. The van der Waals surface area contributed by atoms with Gasteiger partial charge in [-0.3, -0.25) is 0 Å². The Kier molecular flexibility index (Phi) is 5.90. The SMILES string of the molecule is CCOC(=O)c1nn(-c2cccc([S+]([O-])N(C)C)c2)c2c1C[S+]([O-])c1ccccc1-2. The Morgan fingerprint density at radius 3 is 2.77 bits per heavy atom. The third-order valence-corrected chi connectivity index (χ3v) is 7.43. The molecule has 0 amide bonds. The van der Waals surface area contributed by atoms with Crippen LogP contribution in [0.2, 0.25) is 0 Å². The Hall–Kier alpha value is -2.30. The average Bonchev–Trinajstić information content (AvgIpc) is 3.13. The molecule has 0 saturated heterocycles. The van der Waals surface area contributed by atoms with Crippen LogP contribution in [0.4, 0.5) is 0 Å². The minimum absolute atomic E-state index is 0.161. The molecule has 2 atom stereocenters. The molecule has 1 aliphatic rings. The Bertz CT molecular complexity index is 1100. The molecule has 4 rings (SSSR count). The van der Waals surface area contributed by atoms with E-state index in [-0.39, 0.29) is 18.1 Å². The Morgan fingerprint density at radius 2 is 2.03 bits per heavy atom. The Morgan fingerprint density at radius 1 is 1.27 bits per heavy atom. The van der Waals surface area contributed by atoms with Crippen molar-refractivity contribution >= 4 is 28.5 Å². The van der Waals surface area contributed by atoms with Gasteiger partial charge in [0.25, 0.3) is 0 Å². The van der Waals surface area contributed by atoms with Gasteiger partial charge in [0.05, 0.1) is 40.5 Å². The minimum atomic E-state index is -1.32. The maximum atomic E-state index is 12.8. The number of rotatable bonds is 5. The molecule has 1 aromatic heterocycles. The molecule has 2 heterocycles. The summed E-state index contributed by atoms with van der Waals surface area (Å²) in [4.78, 5) is 13.9. The second-order valence-corrected chi connectivity index (χ2v) is 9.97. The Balaban J connectivity index is 1.94. The third-order valence-electron chi connectivity index (χ3n) is 4.71. The lowest BCUT2D eigenvalue weighted by molar-refractivity contribution is 0.0518. The molecule has 3 aromatic rings. The standard InChI is InChI=1S/C21H21N3O4S2/c1-4-28-21(25)19-17-13-29(26)18-11-6-5-10-16(18)20(17)24(22-19)14-8-7-9-15(12-14)30(27)23(2)3/h5-12H,4,13H2,1-3H3. The van der Waals surface area contributed by atoms with Crippen LogP contribution in [0.5, 0.6) is 0 Å². The number of nitrogens with zero attached hydrogens (tertiary/aromatic N) is 3. The van der Waals surface area contributed by atoms with Crippen molar-refractivity contribution in [2.45, 2.75) is 22.5 Å². The molecule has 156 valence electrons. The van der Waals surface area contributed by atoms with Gasteiger partial charge in [0.15, 0.2) is 15.5 Å². The number of carbonyl (C=O) groups is 1. The van der Waals surface area contributed by atoms with E-state index in [1.807, 2.05) is 30.3 Å². The maximum Gasteiger partial charge on any atom is 0.359 e. The van der Waals surface area contributed by atoms with Crippen molar-refractivity contribution in [1.82, 2.24) is 14.1 Å². The van der Waals surface area contributed by atoms with Gasteiger partial charge in [-0.05, 0) is 42.4 Å². The van der Waals surface area contributed by atoms with Gasteiger partial charge >= 0.3 is 5.97 Å². The fourth-order valence-electron chi connectivity index (χ4n) is 3.42. The van der Waals surface area contributed by atoms with E-state index in [1.54, 1.807) is 48.2 Å². The van der Waals surface area contributed by atoms with Crippen LogP contribution < -0.4 is 0 Å². The van der Waals surface area contributed by atoms with Gasteiger partial charge < -0.3 is 13.8 Å². The summed E-state index contributed by atoms with van der Waals surface area (Å²) < 4.78 is 33.8. The molecule has 2 aromatic carbocycles. The number of esters is 1. The van der Waals surface area contributed by atoms with E-state index in [9.17, 15) is 13.9 Å². The zero-order chi connectivity index (χ0) is 21.4. The van der Waals surface area contributed by atoms with Gasteiger partial charge in [-0.2, -0.15) is 5.10 Å². The highest BCUT2D eigenvalue weighted by atomic mass is 32.2. The number of benzene rings is 2. The van der Waals surface area contributed by atoms with E-state index in [0.717, 1.165) is 5.56 Å². The van der Waals surface area contributed by atoms with Crippen LogP contribution in [0.1, 0.15) is 23.0 Å². The van der Waals surface area contributed by atoms with Gasteiger partial charge in [0.2, 0.25) is 0 Å². The molecule has 30 heavy (non-hydrogen) atoms. The fraction of sp³-hybridized carbons (Fsp3) is 0.238. The van der Waals surface area contributed by atoms with Crippen molar-refractivity contribution in [2.75, 3.05) is 20.7 Å². The zero-order valence-electron chi connectivity index (χ0n) is 16.8. The van der Waals surface area contributed by atoms with Gasteiger partial charge in [-0.1, -0.05) is 18.2 Å². The van der Waals surface area contributed by atoms with Crippen LogP contribution in [0, 0.1) is 0 Å². The summed E-state index contributed by atoms with van der Waals surface area (Å²) >= 11 is -2.61. The minimum Gasteiger partial charge on any atom is -0.611 e. The molecular weight excluding hydrogens is 422 g/mol. The fourth-order valence-corrected chi connectivity index (χ4v) is 5.59. The van der Waals surface area contributed by atoms with Crippen LogP contribution in [0.25, 0.3) is 16.9 Å². The van der Waals surface area contributed by atoms with Crippen molar-refractivity contribution in [3.05, 3.63) is 59.8 Å². The zero-order valence-corrected chi connectivity index (χ0v) is 18.5. The van der Waals surface area contributed by atoms with Gasteiger partial charge in [-0.15, -0.1) is 4.31 Å². The van der Waals surface area contributed by atoms with E-state index in [1.165, 1.54) is 0 Å². The second kappa shape index (κ2) is 8.44. The summed E-state index contributed by atoms with van der Waals surface area (Å²) in [6.45, 7) is 1.95. The van der Waals surface area contributed by atoms with E-state index in [0.29, 0.717) is 26.7 Å². The Labute approximate surface area is 181 Å². The summed E-state index contributed by atoms with van der Waals surface area (Å²) in [7, 11) is 3.48. The number of hydrogen-bond acceptors (Lipinski definition) is 6. The molecule has 0 N–H and O–H groups in total. The van der Waals surface area contributed by atoms with Gasteiger partial charge in [0.1, 0.15) is 5.75 Å². The highest BCUT2D eigenvalue weighted by molar-refractivity contribution is 7.91. The van der Waals surface area contributed by atoms with Crippen LogP contribution in [-0.4, -0.2) is 49.9 Å². The number of carbonyl (C=O) groups excluding carboxylic acids is 1. The molecule has 1 aliphatic heterocycles. The first-order valence-corrected chi connectivity index (χ1v) is 11.8. The largest absolute Gasteiger partial charge is 0.611 e. The summed E-state index contributed by atoms with van der Waals surface area (Å²) in [5.74, 6) is -0.360. The molecule has 2 unspecified atom stereocenters. The van der Waals surface area contributed by atoms with E-state index >= 15 is 0 Å². The number of fused-ring (bicyclic) bond motifs is 3. The second-order valence-electron chi connectivity index (χ2n) is 6.85. The van der Waals surface area contributed by atoms with Crippen molar-refractivity contribution in [3.8, 4) is 16.9 Å². The lowest BCUT2D eigenvalue weighted by Crippen LogP contribution is -2.22. The van der Waals surface area contributed by atoms with Gasteiger partial charge in [0, 0.05) is 20.2 Å². The van der Waals surface area contributed by atoms with Crippen molar-refractivity contribution in [1.29, 1.82) is 0 Å². The van der Waals surface area contributed by atoms with E-state index in [4.69, 9.17) is 4.74 Å². The molecule has 7 nitrogen and oxygen atoms in total. The average molecular weight is 444 g/mol. The maximum absolute atomic E-state index is 12.8. The summed E-state index contributed by atoms with van der Waals surface area (Å²) in [5, 5.41) is 4.55. The highest BCUT2D eigenvalue weighted by Gasteiger charge is 2.36. The summed E-state index contributed by atoms with van der Waals surface area (Å²) in [6.07, 6.45) is 0. The molecular formula is C21H21N3O4S2. The number of ether oxygens (including phenoxy) is 1. The normalized spacial score (nSPS) is 16.1. The lowest BCUT2D eigenvalue weighted by Gasteiger charge is -2.21. The number of aromatic nitrogens is 2. The monoisotopic (exact) mass is 443 g/mol. The quantitative estimate of drug-likeness (QED) is 0.445. The van der Waals surface area contributed by atoms with Gasteiger partial charge in [-0.25, -0.2) is 9.48 Å². The first-order valence-electron chi connectivity index (χ1n) is 9.38. The predicted molar refractivity (Wildman–Crippen MR) is 115 cm³/mol. The lowest BCUT2D eigenvalue weighted by atomic mass is 10.1. The van der Waals surface area contributed by atoms with E-state index < -0.39 is 28.5 Å². The highest BCUT2D eigenvalue weighted by Crippen LogP contribution is 2.40. The summed E-state index contributed by atoms with van der Waals surface area (Å²) in [5.41, 5.74) is 2.90. The topological polar surface area (TPSA) is 93.5 Å². The molecule has 0 radical (unpaired) electrons. The van der Waals surface area contributed by atoms with Crippen molar-refractivity contribution in [2.24, 2.45) is 0 Å². The first-order chi connectivity index (χ1) is 14.4. The van der Waals surface area contributed by atoms with Crippen LogP contribution in [0.15, 0.2) is 58.3 Å². The van der Waals surface area contributed by atoms with Crippen LogP contribution in [-0.2, 0) is 33.0 Å². The molecule has 0 bridgehead atoms. The molecule has 0 spiro atoms. The number of hydrogen-bond donors (Lipinski definition) is 0. The summed E-state index contributed by atoms with van der Waals surface area (Å²) in [6, 6.07) is 14.6.